The minimum Gasteiger partial charge on any atom is -0.393 e. The van der Waals surface area contributed by atoms with Crippen LogP contribution in [0, 0.1) is 6.92 Å². The third-order valence-corrected chi connectivity index (χ3v) is 2.86. The highest BCUT2D eigenvalue weighted by Crippen LogP contribution is 2.23. The van der Waals surface area contributed by atoms with E-state index in [4.69, 9.17) is 0 Å². The van der Waals surface area contributed by atoms with Crippen molar-refractivity contribution in [3.8, 4) is 0 Å². The molecule has 1 aliphatic rings. The number of aliphatic hydroxyl groups excluding tert-OH is 1. The van der Waals surface area contributed by atoms with Crippen LogP contribution in [-0.4, -0.2) is 33.8 Å². The van der Waals surface area contributed by atoms with E-state index in [9.17, 15) is 5.11 Å². The van der Waals surface area contributed by atoms with Gasteiger partial charge in [0.05, 0.1) is 6.10 Å². The molecule has 0 aliphatic heterocycles. The van der Waals surface area contributed by atoms with E-state index in [0.29, 0.717) is 6.04 Å². The molecule has 0 unspecified atom stereocenters. The van der Waals surface area contributed by atoms with Crippen LogP contribution in [0.5, 0.6) is 0 Å². The molecule has 3 N–H and O–H groups in total. The van der Waals surface area contributed by atoms with E-state index in [0.717, 1.165) is 43.3 Å². The van der Waals surface area contributed by atoms with Crippen LogP contribution in [0.1, 0.15) is 32.0 Å². The summed E-state index contributed by atoms with van der Waals surface area (Å²) in [7, 11) is 0. The lowest BCUT2D eigenvalue weighted by Crippen LogP contribution is -2.39. The number of anilines is 2. The van der Waals surface area contributed by atoms with Crippen LogP contribution < -0.4 is 10.6 Å². The summed E-state index contributed by atoms with van der Waals surface area (Å²) >= 11 is 0. The van der Waals surface area contributed by atoms with Crippen molar-refractivity contribution in [1.82, 2.24) is 9.97 Å². The van der Waals surface area contributed by atoms with Crippen molar-refractivity contribution in [2.24, 2.45) is 0 Å². The lowest BCUT2D eigenvalue weighted by molar-refractivity contribution is 0.0835. The minimum absolute atomic E-state index is 0.145. The quantitative estimate of drug-likeness (QED) is 0.723. The number of hydrogen-bond donors (Lipinski definition) is 3. The maximum Gasteiger partial charge on any atom is 0.132 e. The second-order valence-corrected chi connectivity index (χ2v) is 4.58. The van der Waals surface area contributed by atoms with Gasteiger partial charge in [0.1, 0.15) is 17.5 Å². The molecule has 0 aromatic carbocycles. The molecule has 1 aliphatic carbocycles. The SMILES string of the molecule is CCCNc1cc(NC2CC(O)C2)nc(C)n1. The molecule has 0 spiro atoms. The zero-order chi connectivity index (χ0) is 12.3. The van der Waals surface area contributed by atoms with Gasteiger partial charge in [0.2, 0.25) is 0 Å². The van der Waals surface area contributed by atoms with Gasteiger partial charge in [-0.15, -0.1) is 0 Å². The molecule has 1 heterocycles. The van der Waals surface area contributed by atoms with E-state index >= 15 is 0 Å². The van der Waals surface area contributed by atoms with Crippen molar-refractivity contribution < 1.29 is 5.11 Å². The van der Waals surface area contributed by atoms with Crippen LogP contribution in [0.4, 0.5) is 11.6 Å². The first-order chi connectivity index (χ1) is 8.17. The Bertz CT molecular complexity index is 377. The number of hydrogen-bond acceptors (Lipinski definition) is 5. The molecule has 0 atom stereocenters. The van der Waals surface area contributed by atoms with Gasteiger partial charge in [-0.05, 0) is 26.2 Å². The van der Waals surface area contributed by atoms with Crippen molar-refractivity contribution in [3.63, 3.8) is 0 Å². The van der Waals surface area contributed by atoms with Gasteiger partial charge < -0.3 is 15.7 Å². The van der Waals surface area contributed by atoms with Crippen molar-refractivity contribution in [1.29, 1.82) is 0 Å². The maximum atomic E-state index is 9.24. The second kappa shape index (κ2) is 5.31. The summed E-state index contributed by atoms with van der Waals surface area (Å²) in [6.07, 6.45) is 2.54. The number of aromatic nitrogens is 2. The van der Waals surface area contributed by atoms with Gasteiger partial charge in [-0.25, -0.2) is 9.97 Å². The number of rotatable bonds is 5. The zero-order valence-electron chi connectivity index (χ0n) is 10.4. The monoisotopic (exact) mass is 236 g/mol. The number of aryl methyl sites for hydroxylation is 1. The molecule has 1 fully saturated rings. The first kappa shape index (κ1) is 12.1. The largest absolute Gasteiger partial charge is 0.393 e. The Morgan fingerprint density at radius 1 is 1.35 bits per heavy atom. The van der Waals surface area contributed by atoms with E-state index in [2.05, 4.69) is 27.5 Å². The first-order valence-corrected chi connectivity index (χ1v) is 6.21. The molecule has 5 heteroatoms. The van der Waals surface area contributed by atoms with Crippen LogP contribution in [0.2, 0.25) is 0 Å². The smallest absolute Gasteiger partial charge is 0.132 e. The molecule has 94 valence electrons. The molecular formula is C12H20N4O. The Labute approximate surface area is 102 Å². The summed E-state index contributed by atoms with van der Waals surface area (Å²) < 4.78 is 0. The number of nitrogens with one attached hydrogen (secondary N) is 2. The molecule has 2 rings (SSSR count). The van der Waals surface area contributed by atoms with Crippen molar-refractivity contribution in [2.75, 3.05) is 17.2 Å². The molecule has 1 aromatic heterocycles. The number of aliphatic hydroxyl groups is 1. The summed E-state index contributed by atoms with van der Waals surface area (Å²) in [6, 6.07) is 2.27. The third-order valence-electron chi connectivity index (χ3n) is 2.86. The Balaban J connectivity index is 1.98. The molecule has 0 radical (unpaired) electrons. The summed E-state index contributed by atoms with van der Waals surface area (Å²) in [5.74, 6) is 2.46. The van der Waals surface area contributed by atoms with Gasteiger partial charge in [-0.3, -0.25) is 0 Å². The van der Waals surface area contributed by atoms with Gasteiger partial charge in [0.25, 0.3) is 0 Å². The highest BCUT2D eigenvalue weighted by atomic mass is 16.3. The minimum atomic E-state index is -0.145. The predicted molar refractivity (Wildman–Crippen MR) is 68.2 cm³/mol. The molecule has 0 bridgehead atoms. The first-order valence-electron chi connectivity index (χ1n) is 6.21. The Morgan fingerprint density at radius 3 is 2.71 bits per heavy atom. The van der Waals surface area contributed by atoms with Gasteiger partial charge in [-0.1, -0.05) is 6.92 Å². The van der Waals surface area contributed by atoms with Crippen molar-refractivity contribution in [3.05, 3.63) is 11.9 Å². The fraction of sp³-hybridized carbons (Fsp3) is 0.667. The van der Waals surface area contributed by atoms with E-state index < -0.39 is 0 Å². The van der Waals surface area contributed by atoms with Crippen LogP contribution in [0.15, 0.2) is 6.07 Å². The van der Waals surface area contributed by atoms with E-state index in [1.54, 1.807) is 0 Å². The molecule has 5 nitrogen and oxygen atoms in total. The van der Waals surface area contributed by atoms with E-state index in [1.165, 1.54) is 0 Å². The van der Waals surface area contributed by atoms with Crippen LogP contribution in [-0.2, 0) is 0 Å². The average Bonchev–Trinajstić information content (AvgIpc) is 2.23. The topological polar surface area (TPSA) is 70.1 Å². The van der Waals surface area contributed by atoms with Crippen LogP contribution >= 0.6 is 0 Å². The molecule has 1 aromatic rings. The fourth-order valence-corrected chi connectivity index (χ4v) is 1.90. The van der Waals surface area contributed by atoms with Gasteiger partial charge in [-0.2, -0.15) is 0 Å². The second-order valence-electron chi connectivity index (χ2n) is 4.58. The van der Waals surface area contributed by atoms with Crippen molar-refractivity contribution in [2.45, 2.75) is 45.3 Å². The molecular weight excluding hydrogens is 216 g/mol. The highest BCUT2D eigenvalue weighted by Gasteiger charge is 2.27. The number of nitrogens with zero attached hydrogens (tertiary/aromatic N) is 2. The predicted octanol–water partition coefficient (Wildman–Crippen LogP) is 1.54. The molecule has 0 saturated heterocycles. The standard InChI is InChI=1S/C12H20N4O/c1-3-4-13-11-7-12(15-8(2)14-11)16-9-5-10(17)6-9/h7,9-10,17H,3-6H2,1-2H3,(H2,13,14,15,16). The van der Waals surface area contributed by atoms with Crippen LogP contribution in [0.25, 0.3) is 0 Å². The maximum absolute atomic E-state index is 9.24. The summed E-state index contributed by atoms with van der Waals surface area (Å²) in [5, 5.41) is 15.8. The molecule has 0 amide bonds. The van der Waals surface area contributed by atoms with Gasteiger partial charge in [0, 0.05) is 18.7 Å². The van der Waals surface area contributed by atoms with Gasteiger partial charge >= 0.3 is 0 Å². The third kappa shape index (κ3) is 3.30. The zero-order valence-corrected chi connectivity index (χ0v) is 10.4. The Hall–Kier alpha value is -1.36. The summed E-state index contributed by atoms with van der Waals surface area (Å²) in [4.78, 5) is 8.67. The van der Waals surface area contributed by atoms with Crippen LogP contribution in [0.3, 0.4) is 0 Å². The lowest BCUT2D eigenvalue weighted by Gasteiger charge is -2.32. The van der Waals surface area contributed by atoms with E-state index in [-0.39, 0.29) is 6.10 Å². The average molecular weight is 236 g/mol. The van der Waals surface area contributed by atoms with E-state index in [1.807, 2.05) is 13.0 Å². The normalized spacial score (nSPS) is 23.0. The fourth-order valence-electron chi connectivity index (χ4n) is 1.90. The summed E-state index contributed by atoms with van der Waals surface area (Å²) in [6.45, 7) is 4.92. The highest BCUT2D eigenvalue weighted by molar-refractivity contribution is 5.48. The molecule has 17 heavy (non-hydrogen) atoms. The van der Waals surface area contributed by atoms with Gasteiger partial charge in [0.15, 0.2) is 0 Å². The Morgan fingerprint density at radius 2 is 2.06 bits per heavy atom. The molecule has 1 saturated carbocycles. The van der Waals surface area contributed by atoms with Crippen molar-refractivity contribution >= 4 is 11.6 Å². The summed E-state index contributed by atoms with van der Waals surface area (Å²) in [5.41, 5.74) is 0. The Kier molecular flexibility index (Phi) is 3.78. The lowest BCUT2D eigenvalue weighted by atomic mass is 9.89.